The maximum absolute atomic E-state index is 14.3. The maximum Gasteiger partial charge on any atom is 0.394 e. The van der Waals surface area contributed by atoms with Gasteiger partial charge in [0.2, 0.25) is 11.7 Å². The normalized spacial score (nSPS) is 27.9. The van der Waals surface area contributed by atoms with E-state index in [4.69, 9.17) is 11.6 Å². The van der Waals surface area contributed by atoms with Crippen LogP contribution in [0, 0.1) is 28.5 Å². The van der Waals surface area contributed by atoms with E-state index in [1.807, 2.05) is 0 Å². The lowest BCUT2D eigenvalue weighted by atomic mass is 9.43. The minimum atomic E-state index is -4.42. The van der Waals surface area contributed by atoms with Crippen LogP contribution in [0.15, 0.2) is 18.2 Å². The average Bonchev–Trinajstić information content (AvgIpc) is 3.19. The molecule has 12 heteroatoms. The van der Waals surface area contributed by atoms with Crippen LogP contribution in [-0.4, -0.2) is 40.4 Å². The number of nitrogens with zero attached hydrogens (tertiary/aromatic N) is 2. The van der Waals surface area contributed by atoms with E-state index in [1.165, 1.54) is 36.7 Å². The fourth-order valence-corrected chi connectivity index (χ4v) is 8.04. The van der Waals surface area contributed by atoms with Gasteiger partial charge in [-0.25, -0.2) is 9.37 Å². The zero-order valence-electron chi connectivity index (χ0n) is 22.4. The SMILES string of the molecule is CNC(=O)c1nc(NC(=O)C23CC4CC(C2)CC(C(F)(F)F)(C4)C3)c([C@@H](C)c2cc(F)ccc2Cl)n1CC(C)=O. The molecule has 4 aliphatic carbocycles. The number of nitrogens with one attached hydrogen (secondary N) is 2. The number of alkyl halides is 3. The van der Waals surface area contributed by atoms with E-state index >= 15 is 0 Å². The van der Waals surface area contributed by atoms with Crippen molar-refractivity contribution < 1.29 is 31.9 Å². The number of benzene rings is 1. The quantitative estimate of drug-likeness (QED) is 0.400. The molecule has 0 aliphatic heterocycles. The zero-order valence-corrected chi connectivity index (χ0v) is 23.2. The van der Waals surface area contributed by atoms with Crippen LogP contribution in [0.2, 0.25) is 5.02 Å². The Bertz CT molecular complexity index is 1370. The van der Waals surface area contributed by atoms with E-state index in [2.05, 4.69) is 15.6 Å². The van der Waals surface area contributed by atoms with Crippen LogP contribution in [0.3, 0.4) is 0 Å². The van der Waals surface area contributed by atoms with Gasteiger partial charge in [0, 0.05) is 18.0 Å². The molecule has 1 heterocycles. The van der Waals surface area contributed by atoms with Crippen molar-refractivity contribution in [2.24, 2.45) is 22.7 Å². The highest BCUT2D eigenvalue weighted by Crippen LogP contribution is 2.69. The molecule has 4 bridgehead atoms. The van der Waals surface area contributed by atoms with E-state index < -0.39 is 40.6 Å². The number of halogens is 5. The average molecular weight is 583 g/mol. The van der Waals surface area contributed by atoms with Gasteiger partial charge in [0.05, 0.1) is 23.1 Å². The van der Waals surface area contributed by atoms with Crippen LogP contribution in [0.4, 0.5) is 23.4 Å². The summed E-state index contributed by atoms with van der Waals surface area (Å²) >= 11 is 6.39. The van der Waals surface area contributed by atoms with E-state index in [9.17, 15) is 31.9 Å². The number of imidazole rings is 1. The van der Waals surface area contributed by atoms with Crippen molar-refractivity contribution >= 4 is 35.0 Å². The lowest BCUT2D eigenvalue weighted by Gasteiger charge is -2.61. The Labute approximate surface area is 234 Å². The number of amides is 2. The van der Waals surface area contributed by atoms with Gasteiger partial charge in [-0.05, 0) is 81.0 Å². The second-order valence-corrected chi connectivity index (χ2v) is 12.3. The molecule has 2 N–H and O–H groups in total. The fraction of sp³-hybridized carbons (Fsp3) is 0.571. The lowest BCUT2D eigenvalue weighted by molar-refractivity contribution is -0.283. The Morgan fingerprint density at radius 1 is 1.18 bits per heavy atom. The summed E-state index contributed by atoms with van der Waals surface area (Å²) < 4.78 is 58.5. The van der Waals surface area contributed by atoms with Crippen LogP contribution in [-0.2, 0) is 16.1 Å². The van der Waals surface area contributed by atoms with E-state index in [0.29, 0.717) is 24.8 Å². The number of hydrogen-bond donors (Lipinski definition) is 2. The van der Waals surface area contributed by atoms with Crippen molar-refractivity contribution in [2.75, 3.05) is 12.4 Å². The van der Waals surface area contributed by atoms with Crippen molar-refractivity contribution in [1.29, 1.82) is 0 Å². The summed E-state index contributed by atoms with van der Waals surface area (Å²) in [4.78, 5) is 43.4. The van der Waals surface area contributed by atoms with Gasteiger partial charge in [-0.2, -0.15) is 13.2 Å². The summed E-state index contributed by atoms with van der Waals surface area (Å²) in [6, 6.07) is 3.78. The summed E-state index contributed by atoms with van der Waals surface area (Å²) in [5, 5.41) is 5.45. The first-order valence-electron chi connectivity index (χ1n) is 13.3. The van der Waals surface area contributed by atoms with Crippen LogP contribution >= 0.6 is 11.6 Å². The molecule has 4 saturated carbocycles. The minimum Gasteiger partial charge on any atom is -0.352 e. The number of carbonyl (C=O) groups excluding carboxylic acids is 3. The van der Waals surface area contributed by atoms with Crippen molar-refractivity contribution in [1.82, 2.24) is 14.9 Å². The summed E-state index contributed by atoms with van der Waals surface area (Å²) in [5.74, 6) is -3.46. The van der Waals surface area contributed by atoms with Gasteiger partial charge >= 0.3 is 6.18 Å². The third-order valence-corrected chi connectivity index (χ3v) is 9.37. The molecule has 0 radical (unpaired) electrons. The molecule has 2 unspecified atom stereocenters. The Morgan fingerprint density at radius 2 is 1.82 bits per heavy atom. The number of aromatic nitrogens is 2. The number of carbonyl (C=O) groups is 3. The van der Waals surface area contributed by atoms with Crippen LogP contribution in [0.25, 0.3) is 0 Å². The molecule has 7 nitrogen and oxygen atoms in total. The summed E-state index contributed by atoms with van der Waals surface area (Å²) in [7, 11) is 1.38. The first kappa shape index (κ1) is 28.6. The summed E-state index contributed by atoms with van der Waals surface area (Å²) in [6.07, 6.45) is -3.25. The van der Waals surface area contributed by atoms with Crippen LogP contribution in [0.1, 0.15) is 80.2 Å². The van der Waals surface area contributed by atoms with Gasteiger partial charge in [0.1, 0.15) is 11.6 Å². The molecule has 6 rings (SSSR count). The molecule has 0 saturated heterocycles. The van der Waals surface area contributed by atoms with Gasteiger partial charge in [-0.1, -0.05) is 18.5 Å². The van der Waals surface area contributed by atoms with Gasteiger partial charge < -0.3 is 15.2 Å². The molecule has 4 fully saturated rings. The smallest absolute Gasteiger partial charge is 0.352 e. The van der Waals surface area contributed by atoms with Crippen molar-refractivity contribution in [3.05, 3.63) is 46.1 Å². The first-order chi connectivity index (χ1) is 18.7. The molecule has 3 atom stereocenters. The Morgan fingerprint density at radius 3 is 2.40 bits per heavy atom. The van der Waals surface area contributed by atoms with Gasteiger partial charge in [0.15, 0.2) is 5.82 Å². The Balaban J connectivity index is 1.60. The summed E-state index contributed by atoms with van der Waals surface area (Å²) in [6.45, 7) is 2.72. The lowest BCUT2D eigenvalue weighted by Crippen LogP contribution is -2.60. The van der Waals surface area contributed by atoms with Crippen molar-refractivity contribution in [2.45, 2.75) is 71.0 Å². The van der Waals surface area contributed by atoms with E-state index in [1.54, 1.807) is 6.92 Å². The second kappa shape index (κ2) is 9.85. The molecule has 40 heavy (non-hydrogen) atoms. The standard InChI is InChI=1S/C28H31ClF4N4O3/c1-14(38)12-37-21(15(2)19-7-18(30)4-5-20(19)29)22(35-23(37)24(39)34-3)36-25(40)26-8-16-6-17(9-26)11-27(10-16,13-26)28(31,32)33/h4-5,7,15-17H,6,8-13H2,1-3H3,(H,34,39)(H,36,40)/t15-,16?,17?,26?,27?/m0/s1. The topological polar surface area (TPSA) is 93.1 Å². The number of rotatable bonds is 7. The van der Waals surface area contributed by atoms with Crippen LogP contribution in [0.5, 0.6) is 0 Å². The first-order valence-corrected chi connectivity index (χ1v) is 13.7. The number of anilines is 1. The third-order valence-electron chi connectivity index (χ3n) is 9.03. The monoisotopic (exact) mass is 582 g/mol. The predicted octanol–water partition coefficient (Wildman–Crippen LogP) is 5.86. The highest BCUT2D eigenvalue weighted by molar-refractivity contribution is 6.31. The molecular formula is C28H31ClF4N4O3. The molecule has 1 aromatic heterocycles. The maximum atomic E-state index is 14.3. The molecule has 216 valence electrons. The van der Waals surface area contributed by atoms with Gasteiger partial charge in [0.25, 0.3) is 5.91 Å². The van der Waals surface area contributed by atoms with E-state index in [0.717, 1.165) is 0 Å². The Hall–Kier alpha value is -2.95. The molecule has 1 aromatic carbocycles. The number of hydrogen-bond acceptors (Lipinski definition) is 4. The highest BCUT2D eigenvalue weighted by atomic mass is 35.5. The van der Waals surface area contributed by atoms with Gasteiger partial charge in [-0.15, -0.1) is 0 Å². The molecular weight excluding hydrogens is 552 g/mol. The largest absolute Gasteiger partial charge is 0.394 e. The molecule has 0 spiro atoms. The van der Waals surface area contributed by atoms with Crippen molar-refractivity contribution in [3.63, 3.8) is 0 Å². The third kappa shape index (κ3) is 4.69. The summed E-state index contributed by atoms with van der Waals surface area (Å²) in [5.41, 5.74) is -2.56. The fourth-order valence-electron chi connectivity index (χ4n) is 7.76. The Kier molecular flexibility index (Phi) is 7.04. The number of Topliss-reactive ketones (excluding diaryl/α,β-unsaturated/α-hetero) is 1. The highest BCUT2D eigenvalue weighted by Gasteiger charge is 2.69. The minimum absolute atomic E-state index is 0.0381. The second-order valence-electron chi connectivity index (χ2n) is 11.9. The number of ketones is 1. The predicted molar refractivity (Wildman–Crippen MR) is 139 cm³/mol. The zero-order chi connectivity index (χ0) is 29.2. The van der Waals surface area contributed by atoms with Gasteiger partial charge in [-0.3, -0.25) is 14.4 Å². The molecule has 4 aliphatic rings. The van der Waals surface area contributed by atoms with E-state index in [-0.39, 0.29) is 65.8 Å². The van der Waals surface area contributed by atoms with Crippen LogP contribution < -0.4 is 10.6 Å². The molecule has 2 aromatic rings. The molecule has 2 amide bonds. The van der Waals surface area contributed by atoms with Crippen molar-refractivity contribution in [3.8, 4) is 0 Å².